The highest BCUT2D eigenvalue weighted by atomic mass is 15.2. The molecule has 2 unspecified atom stereocenters. The quantitative estimate of drug-likeness (QED) is 0.161. The molecule has 5 heteroatoms. The van der Waals surface area contributed by atoms with Gasteiger partial charge in [-0.1, -0.05) is 176 Å². The van der Waals surface area contributed by atoms with Gasteiger partial charge in [0, 0.05) is 50.4 Å². The first-order chi connectivity index (χ1) is 30.8. The van der Waals surface area contributed by atoms with Crippen LogP contribution in [0.25, 0.3) is 78.4 Å². The Morgan fingerprint density at radius 3 is 1.76 bits per heavy atom. The average Bonchev–Trinajstić information content (AvgIpc) is 3.88. The third-order valence-corrected chi connectivity index (χ3v) is 12.4. The van der Waals surface area contributed by atoms with Crippen molar-refractivity contribution in [2.75, 3.05) is 4.90 Å². The van der Waals surface area contributed by atoms with Crippen LogP contribution in [0.1, 0.15) is 17.0 Å². The number of para-hydroxylation sites is 3. The van der Waals surface area contributed by atoms with Gasteiger partial charge < -0.3 is 9.47 Å². The highest BCUT2D eigenvalue weighted by Gasteiger charge is 2.41. The molecule has 5 nitrogen and oxygen atoms in total. The average molecular weight is 794 g/mol. The molecule has 62 heavy (non-hydrogen) atoms. The molecular weight excluding hydrogens is 755 g/mol. The van der Waals surface area contributed by atoms with Crippen LogP contribution in [0.15, 0.2) is 224 Å². The fourth-order valence-corrected chi connectivity index (χ4v) is 9.69. The first-order valence-corrected chi connectivity index (χ1v) is 21.2. The minimum atomic E-state index is 0.0774. The second-order valence-electron chi connectivity index (χ2n) is 16.0. The van der Waals surface area contributed by atoms with E-state index in [1.807, 2.05) is 60.7 Å². The monoisotopic (exact) mass is 793 g/mol. The zero-order valence-corrected chi connectivity index (χ0v) is 33.8. The summed E-state index contributed by atoms with van der Waals surface area (Å²) < 4.78 is 2.39. The van der Waals surface area contributed by atoms with Crippen molar-refractivity contribution in [3.8, 4) is 51.0 Å². The normalized spacial score (nSPS) is 15.4. The van der Waals surface area contributed by atoms with Crippen LogP contribution in [0.3, 0.4) is 0 Å². The Bertz CT molecular complexity index is 3310. The molecule has 0 spiro atoms. The maximum Gasteiger partial charge on any atom is 0.164 e. The Kier molecular flexibility index (Phi) is 8.56. The SMILES string of the molecule is C1=CC2C(C(c3cccc(-c4nc(-c5ccccc5)nc(-c5ccccc5)n4)c3)=C1)c1ccccc1N2c1cccc(-c2cccc3c2c2ccccc2n3-c2ccccc2)c1. The number of allylic oxidation sites excluding steroid dienone is 2. The first kappa shape index (κ1) is 35.8. The highest BCUT2D eigenvalue weighted by molar-refractivity contribution is 6.16. The second kappa shape index (κ2) is 14.8. The van der Waals surface area contributed by atoms with Crippen LogP contribution in [0.5, 0.6) is 0 Å². The van der Waals surface area contributed by atoms with E-state index in [0.717, 1.165) is 33.6 Å². The van der Waals surface area contributed by atoms with Crippen molar-refractivity contribution in [1.29, 1.82) is 0 Å². The number of aromatic nitrogens is 4. The lowest BCUT2D eigenvalue weighted by atomic mass is 9.80. The van der Waals surface area contributed by atoms with Gasteiger partial charge in [0.15, 0.2) is 17.5 Å². The van der Waals surface area contributed by atoms with Crippen molar-refractivity contribution < 1.29 is 0 Å². The molecule has 292 valence electrons. The lowest BCUT2D eigenvalue weighted by molar-refractivity contribution is 0.759. The number of nitrogens with zero attached hydrogens (tertiary/aromatic N) is 5. The van der Waals surface area contributed by atoms with Crippen LogP contribution in [0.2, 0.25) is 0 Å². The Labute approximate surface area is 360 Å². The number of fused-ring (bicyclic) bond motifs is 6. The summed E-state index contributed by atoms with van der Waals surface area (Å²) in [5.74, 6) is 2.07. The van der Waals surface area contributed by atoms with Crippen molar-refractivity contribution in [2.45, 2.75) is 12.0 Å². The molecular formula is C57H39N5. The molecule has 0 saturated carbocycles. The summed E-state index contributed by atoms with van der Waals surface area (Å²) in [5, 5.41) is 2.51. The van der Waals surface area contributed by atoms with Crippen molar-refractivity contribution in [3.05, 3.63) is 236 Å². The first-order valence-electron chi connectivity index (χ1n) is 21.2. The molecule has 10 aromatic rings. The fourth-order valence-electron chi connectivity index (χ4n) is 9.69. The van der Waals surface area contributed by atoms with E-state index in [0.29, 0.717) is 17.5 Å². The van der Waals surface area contributed by atoms with Crippen LogP contribution in [0, 0.1) is 0 Å². The molecule has 0 fully saturated rings. The minimum Gasteiger partial charge on any atom is -0.333 e. The molecule has 1 aliphatic carbocycles. The van der Waals surface area contributed by atoms with Crippen LogP contribution >= 0.6 is 0 Å². The Hall–Kier alpha value is -8.15. The van der Waals surface area contributed by atoms with Crippen molar-refractivity contribution in [2.24, 2.45) is 0 Å². The number of anilines is 2. The molecule has 0 bridgehead atoms. The molecule has 8 aromatic carbocycles. The molecule has 2 atom stereocenters. The van der Waals surface area contributed by atoms with Gasteiger partial charge in [0.25, 0.3) is 0 Å². The van der Waals surface area contributed by atoms with Gasteiger partial charge >= 0.3 is 0 Å². The summed E-state index contributed by atoms with van der Waals surface area (Å²) in [6.07, 6.45) is 6.89. The Balaban J connectivity index is 0.939. The summed E-state index contributed by atoms with van der Waals surface area (Å²) in [6, 6.07) is 73.3. The number of rotatable bonds is 7. The third kappa shape index (κ3) is 5.97. The van der Waals surface area contributed by atoms with E-state index in [4.69, 9.17) is 15.0 Å². The summed E-state index contributed by atoms with van der Waals surface area (Å²) in [7, 11) is 0. The summed E-state index contributed by atoms with van der Waals surface area (Å²) in [4.78, 5) is 17.6. The van der Waals surface area contributed by atoms with Crippen LogP contribution < -0.4 is 4.90 Å². The van der Waals surface area contributed by atoms with Gasteiger partial charge in [-0.05, 0) is 76.4 Å². The van der Waals surface area contributed by atoms with E-state index < -0.39 is 0 Å². The maximum atomic E-state index is 5.06. The van der Waals surface area contributed by atoms with Crippen LogP contribution in [-0.4, -0.2) is 25.6 Å². The molecule has 2 aromatic heterocycles. The lowest BCUT2D eigenvalue weighted by Crippen LogP contribution is -2.30. The van der Waals surface area contributed by atoms with E-state index in [1.54, 1.807) is 0 Å². The minimum absolute atomic E-state index is 0.0774. The molecule has 0 amide bonds. The summed E-state index contributed by atoms with van der Waals surface area (Å²) in [6.45, 7) is 0. The molecule has 0 radical (unpaired) electrons. The zero-order valence-electron chi connectivity index (χ0n) is 33.8. The molecule has 3 heterocycles. The van der Waals surface area contributed by atoms with E-state index in [2.05, 4.69) is 173 Å². The van der Waals surface area contributed by atoms with Crippen LogP contribution in [-0.2, 0) is 0 Å². The lowest BCUT2D eigenvalue weighted by Gasteiger charge is -2.31. The maximum absolute atomic E-state index is 5.06. The van der Waals surface area contributed by atoms with Crippen LogP contribution in [0.4, 0.5) is 11.4 Å². The van der Waals surface area contributed by atoms with Gasteiger partial charge in [0.1, 0.15) is 0 Å². The summed E-state index contributed by atoms with van der Waals surface area (Å²) >= 11 is 0. The van der Waals surface area contributed by atoms with Gasteiger partial charge in [0.2, 0.25) is 0 Å². The Morgan fingerprint density at radius 2 is 0.984 bits per heavy atom. The van der Waals surface area contributed by atoms with Gasteiger partial charge in [-0.25, -0.2) is 15.0 Å². The molecule has 12 rings (SSSR count). The topological polar surface area (TPSA) is 46.8 Å². The van der Waals surface area contributed by atoms with Gasteiger partial charge in [0.05, 0.1) is 17.1 Å². The molecule has 1 aliphatic heterocycles. The second-order valence-corrected chi connectivity index (χ2v) is 16.0. The number of hydrogen-bond donors (Lipinski definition) is 0. The largest absolute Gasteiger partial charge is 0.333 e. The van der Waals surface area contributed by atoms with E-state index in [-0.39, 0.29) is 12.0 Å². The molecule has 2 aliphatic rings. The van der Waals surface area contributed by atoms with Gasteiger partial charge in [-0.2, -0.15) is 0 Å². The standard InChI is InChI=1S/C57H39N5/c1-4-18-38(19-5-1)55-58-56(39-20-6-2-7-21-39)60-57(59-55)42-24-14-22-40(36-42)45-30-16-35-52-53(45)48-29-11-13-33-50(48)62(52)44-27-15-23-41(37-44)46-31-17-34-51-54(46)47-28-10-12-32-49(47)61(51)43-25-8-3-9-26-43/h1-37,52-53H. The van der Waals surface area contributed by atoms with E-state index in [9.17, 15) is 0 Å². The van der Waals surface area contributed by atoms with Crippen molar-refractivity contribution >= 4 is 38.8 Å². The molecule has 0 saturated heterocycles. The molecule has 0 N–H and O–H groups in total. The van der Waals surface area contributed by atoms with E-state index in [1.165, 1.54) is 49.8 Å². The summed E-state index contributed by atoms with van der Waals surface area (Å²) in [5.41, 5.74) is 14.9. The predicted molar refractivity (Wildman–Crippen MR) is 255 cm³/mol. The smallest absolute Gasteiger partial charge is 0.164 e. The van der Waals surface area contributed by atoms with Crippen molar-refractivity contribution in [3.63, 3.8) is 0 Å². The van der Waals surface area contributed by atoms with E-state index >= 15 is 0 Å². The van der Waals surface area contributed by atoms with Gasteiger partial charge in [-0.3, -0.25) is 0 Å². The fraction of sp³-hybridized carbons (Fsp3) is 0.0351. The van der Waals surface area contributed by atoms with Gasteiger partial charge in [-0.15, -0.1) is 0 Å². The predicted octanol–water partition coefficient (Wildman–Crippen LogP) is 13.9. The van der Waals surface area contributed by atoms with Crippen molar-refractivity contribution in [1.82, 2.24) is 19.5 Å². The third-order valence-electron chi connectivity index (χ3n) is 12.4. The highest BCUT2D eigenvalue weighted by Crippen LogP contribution is 2.53. The number of benzene rings is 8. The Morgan fingerprint density at radius 1 is 0.419 bits per heavy atom. The number of hydrogen-bond acceptors (Lipinski definition) is 4. The zero-order chi connectivity index (χ0) is 41.0.